The molecule has 0 saturated carbocycles. The van der Waals surface area contributed by atoms with Crippen molar-refractivity contribution in [1.29, 1.82) is 0 Å². The maximum atomic E-state index is 10.4. The average Bonchev–Trinajstić information content (AvgIpc) is 2.30. The highest BCUT2D eigenvalue weighted by Crippen LogP contribution is 2.26. The van der Waals surface area contributed by atoms with E-state index in [1.807, 2.05) is 13.8 Å². The highest BCUT2D eigenvalue weighted by molar-refractivity contribution is 5.78. The van der Waals surface area contributed by atoms with Crippen molar-refractivity contribution in [1.82, 2.24) is 0 Å². The van der Waals surface area contributed by atoms with Crippen LogP contribution < -0.4 is 0 Å². The molecule has 0 atom stereocenters. The van der Waals surface area contributed by atoms with Crippen molar-refractivity contribution in [3.05, 3.63) is 12.7 Å². The molecule has 0 aromatic carbocycles. The minimum atomic E-state index is -0.981. The predicted octanol–water partition coefficient (Wildman–Crippen LogP) is 1.22. The maximum absolute atomic E-state index is 10.4. The number of hydrogen-bond acceptors (Lipinski definition) is 3. The van der Waals surface area contributed by atoms with Crippen LogP contribution in [0.5, 0.6) is 0 Å². The number of carboxylic acid groups (broad SMARTS) is 1. The summed E-state index contributed by atoms with van der Waals surface area (Å²) < 4.78 is 4.73. The molecule has 0 aromatic rings. The third kappa shape index (κ3) is 5.90. The van der Waals surface area contributed by atoms with Gasteiger partial charge >= 0.3 is 11.9 Å². The molecule has 1 saturated heterocycles. The molecule has 4 nitrogen and oxygen atoms in total. The molecule has 1 aliphatic rings. The third-order valence-corrected chi connectivity index (χ3v) is 1.42. The Balaban J connectivity index is 0.000000252. The number of esters is 1. The zero-order chi connectivity index (χ0) is 10.5. The molecule has 0 unspecified atom stereocenters. The molecule has 0 spiro atoms. The number of hydrogen-bond donors (Lipinski definition) is 1. The summed E-state index contributed by atoms with van der Waals surface area (Å²) >= 11 is 0. The van der Waals surface area contributed by atoms with E-state index in [4.69, 9.17) is 9.84 Å². The third-order valence-electron chi connectivity index (χ3n) is 1.42. The van der Waals surface area contributed by atoms with Crippen LogP contribution in [0, 0.1) is 5.41 Å². The highest BCUT2D eigenvalue weighted by atomic mass is 16.5. The van der Waals surface area contributed by atoms with Crippen molar-refractivity contribution >= 4 is 11.9 Å². The normalized spacial score (nSPS) is 18.2. The Kier molecular flexibility index (Phi) is 4.17. The molecule has 1 rings (SSSR count). The van der Waals surface area contributed by atoms with E-state index in [1.54, 1.807) is 0 Å². The minimum absolute atomic E-state index is 0.0602. The van der Waals surface area contributed by atoms with Crippen molar-refractivity contribution in [3.63, 3.8) is 0 Å². The van der Waals surface area contributed by atoms with E-state index in [0.29, 0.717) is 13.0 Å². The molecule has 0 bridgehead atoms. The molecule has 0 aliphatic carbocycles. The van der Waals surface area contributed by atoms with Gasteiger partial charge in [0.2, 0.25) is 0 Å². The quantitative estimate of drug-likeness (QED) is 0.494. The Morgan fingerprint density at radius 1 is 1.69 bits per heavy atom. The summed E-state index contributed by atoms with van der Waals surface area (Å²) in [4.78, 5) is 19.7. The SMILES string of the molecule is C=CC(=O)O.CC1(C)COC(=O)C1. The lowest BCUT2D eigenvalue weighted by Gasteiger charge is -2.09. The number of aliphatic carboxylic acids is 1. The van der Waals surface area contributed by atoms with Crippen molar-refractivity contribution in [3.8, 4) is 0 Å². The number of carboxylic acids is 1. The summed E-state index contributed by atoms with van der Waals surface area (Å²) in [6.07, 6.45) is 1.41. The van der Waals surface area contributed by atoms with Crippen LogP contribution in [0.3, 0.4) is 0 Å². The minimum Gasteiger partial charge on any atom is -0.478 e. The summed E-state index contributed by atoms with van der Waals surface area (Å²) in [6, 6.07) is 0. The van der Waals surface area contributed by atoms with Gasteiger partial charge in [-0.15, -0.1) is 0 Å². The molecular weight excluding hydrogens is 172 g/mol. The van der Waals surface area contributed by atoms with Crippen molar-refractivity contribution in [2.24, 2.45) is 5.41 Å². The van der Waals surface area contributed by atoms with E-state index >= 15 is 0 Å². The van der Waals surface area contributed by atoms with Crippen LogP contribution in [-0.2, 0) is 14.3 Å². The average molecular weight is 186 g/mol. The van der Waals surface area contributed by atoms with Gasteiger partial charge in [0.1, 0.15) is 0 Å². The molecule has 13 heavy (non-hydrogen) atoms. The molecule has 1 aliphatic heterocycles. The van der Waals surface area contributed by atoms with Gasteiger partial charge in [0.25, 0.3) is 0 Å². The van der Waals surface area contributed by atoms with Gasteiger partial charge in [0.05, 0.1) is 13.0 Å². The maximum Gasteiger partial charge on any atom is 0.327 e. The van der Waals surface area contributed by atoms with E-state index < -0.39 is 5.97 Å². The van der Waals surface area contributed by atoms with Crippen LogP contribution in [0.25, 0.3) is 0 Å². The second-order valence-electron chi connectivity index (χ2n) is 3.54. The monoisotopic (exact) mass is 186 g/mol. The van der Waals surface area contributed by atoms with Gasteiger partial charge in [-0.2, -0.15) is 0 Å². The summed E-state index contributed by atoms with van der Waals surface area (Å²) in [7, 11) is 0. The van der Waals surface area contributed by atoms with E-state index in [9.17, 15) is 9.59 Å². The highest BCUT2D eigenvalue weighted by Gasteiger charge is 2.30. The van der Waals surface area contributed by atoms with Crippen molar-refractivity contribution < 1.29 is 19.4 Å². The summed E-state index contributed by atoms with van der Waals surface area (Å²) in [6.45, 7) is 7.60. The van der Waals surface area contributed by atoms with Crippen LogP contribution in [0.1, 0.15) is 20.3 Å². The Morgan fingerprint density at radius 3 is 2.23 bits per heavy atom. The molecular formula is C9H14O4. The van der Waals surface area contributed by atoms with Crippen LogP contribution in [0.15, 0.2) is 12.7 Å². The zero-order valence-electron chi connectivity index (χ0n) is 7.87. The first-order valence-electron chi connectivity index (χ1n) is 3.88. The lowest BCUT2D eigenvalue weighted by molar-refractivity contribution is -0.138. The van der Waals surface area contributed by atoms with Crippen LogP contribution in [0.4, 0.5) is 0 Å². The van der Waals surface area contributed by atoms with E-state index in [2.05, 4.69) is 6.58 Å². The molecule has 0 amide bonds. The topological polar surface area (TPSA) is 63.6 Å². The molecule has 4 heteroatoms. The van der Waals surface area contributed by atoms with Gasteiger partial charge in [-0.1, -0.05) is 20.4 Å². The number of carbonyl (C=O) groups excluding carboxylic acids is 1. The fourth-order valence-corrected chi connectivity index (χ4v) is 0.769. The Bertz CT molecular complexity index is 218. The Morgan fingerprint density at radius 2 is 2.15 bits per heavy atom. The van der Waals surface area contributed by atoms with E-state index in [1.165, 1.54) is 0 Å². The lowest BCUT2D eigenvalue weighted by atomic mass is 9.93. The summed E-state index contributed by atoms with van der Waals surface area (Å²) in [5.41, 5.74) is 0.0943. The molecule has 0 radical (unpaired) electrons. The van der Waals surface area contributed by atoms with Crippen molar-refractivity contribution in [2.45, 2.75) is 20.3 Å². The molecule has 74 valence electrons. The van der Waals surface area contributed by atoms with Crippen molar-refractivity contribution in [2.75, 3.05) is 6.61 Å². The van der Waals surface area contributed by atoms with Gasteiger partial charge < -0.3 is 9.84 Å². The second-order valence-corrected chi connectivity index (χ2v) is 3.54. The summed E-state index contributed by atoms with van der Waals surface area (Å²) in [5.74, 6) is -1.04. The number of cyclic esters (lactones) is 1. The largest absolute Gasteiger partial charge is 0.478 e. The number of ether oxygens (including phenoxy) is 1. The first kappa shape index (κ1) is 11.7. The number of rotatable bonds is 1. The van der Waals surface area contributed by atoms with Crippen LogP contribution in [-0.4, -0.2) is 23.7 Å². The van der Waals surface area contributed by atoms with E-state index in [0.717, 1.165) is 6.08 Å². The smallest absolute Gasteiger partial charge is 0.327 e. The fraction of sp³-hybridized carbons (Fsp3) is 0.556. The first-order valence-corrected chi connectivity index (χ1v) is 3.88. The zero-order valence-corrected chi connectivity index (χ0v) is 7.87. The lowest BCUT2D eigenvalue weighted by Crippen LogP contribution is -2.08. The number of carbonyl (C=O) groups is 2. The molecule has 1 fully saturated rings. The predicted molar refractivity (Wildman–Crippen MR) is 47.2 cm³/mol. The molecule has 1 heterocycles. The molecule has 0 aromatic heterocycles. The van der Waals surface area contributed by atoms with Gasteiger partial charge in [0, 0.05) is 11.5 Å². The fourth-order valence-electron chi connectivity index (χ4n) is 0.769. The first-order chi connectivity index (χ1) is 5.87. The van der Waals surface area contributed by atoms with Gasteiger partial charge in [-0.3, -0.25) is 4.79 Å². The van der Waals surface area contributed by atoms with Gasteiger partial charge in [0.15, 0.2) is 0 Å². The Labute approximate surface area is 77.2 Å². The summed E-state index contributed by atoms with van der Waals surface area (Å²) in [5, 5.41) is 7.60. The van der Waals surface area contributed by atoms with Gasteiger partial charge in [-0.05, 0) is 0 Å². The van der Waals surface area contributed by atoms with Crippen LogP contribution >= 0.6 is 0 Å². The molecule has 1 N–H and O–H groups in total. The second kappa shape index (κ2) is 4.64. The van der Waals surface area contributed by atoms with E-state index in [-0.39, 0.29) is 11.4 Å². The standard InChI is InChI=1S/C6H10O2.C3H4O2/c1-6(2)3-5(7)8-4-6;1-2-3(4)5/h3-4H2,1-2H3;2H,1H2,(H,4,5). The Hall–Kier alpha value is -1.32. The van der Waals surface area contributed by atoms with Gasteiger partial charge in [-0.25, -0.2) is 4.79 Å². The van der Waals surface area contributed by atoms with Crippen LogP contribution in [0.2, 0.25) is 0 Å².